The summed E-state index contributed by atoms with van der Waals surface area (Å²) in [6.45, 7) is 9.52. The Labute approximate surface area is 149 Å². The molecule has 0 bridgehead atoms. The van der Waals surface area contributed by atoms with Crippen LogP contribution in [0, 0.1) is 11.8 Å². The van der Waals surface area contributed by atoms with Crippen molar-refractivity contribution in [3.05, 3.63) is 0 Å². The first-order valence-electron chi connectivity index (χ1n) is 11.2. The maximum absolute atomic E-state index is 2.46. The van der Waals surface area contributed by atoms with Gasteiger partial charge in [0.15, 0.2) is 0 Å². The minimum atomic E-state index is 0.966. The van der Waals surface area contributed by atoms with Crippen molar-refractivity contribution in [3.8, 4) is 0 Å². The third-order valence-corrected chi connectivity index (χ3v) is 5.49. The van der Waals surface area contributed by atoms with E-state index in [2.05, 4.69) is 27.7 Å². The lowest BCUT2D eigenvalue weighted by Gasteiger charge is -2.11. The van der Waals surface area contributed by atoms with E-state index in [0.717, 1.165) is 11.8 Å². The van der Waals surface area contributed by atoms with E-state index in [9.17, 15) is 0 Å². The van der Waals surface area contributed by atoms with Crippen LogP contribution in [0.25, 0.3) is 0 Å². The molecule has 0 aliphatic carbocycles. The molecule has 0 rings (SSSR count). The summed E-state index contributed by atoms with van der Waals surface area (Å²) < 4.78 is 0. The Bertz CT molecular complexity index is 208. The van der Waals surface area contributed by atoms with Crippen LogP contribution in [-0.4, -0.2) is 0 Å². The average Bonchev–Trinajstić information content (AvgIpc) is 2.55. The maximum Gasteiger partial charge on any atom is -0.0443 e. The lowest BCUT2D eigenvalue weighted by Crippen LogP contribution is -1.95. The van der Waals surface area contributed by atoms with E-state index in [1.165, 1.54) is 109 Å². The Kier molecular flexibility index (Phi) is 18.3. The van der Waals surface area contributed by atoms with Crippen LogP contribution < -0.4 is 0 Å². The smallest absolute Gasteiger partial charge is 0.0443 e. The number of rotatable bonds is 18. The number of hydrogen-bond acceptors (Lipinski definition) is 0. The van der Waals surface area contributed by atoms with E-state index >= 15 is 0 Å². The van der Waals surface area contributed by atoms with Gasteiger partial charge in [-0.05, 0) is 11.8 Å². The maximum atomic E-state index is 2.46. The van der Waals surface area contributed by atoms with Gasteiger partial charge in [-0.2, -0.15) is 0 Å². The summed E-state index contributed by atoms with van der Waals surface area (Å²) >= 11 is 0. The number of hydrogen-bond donors (Lipinski definition) is 0. The topological polar surface area (TPSA) is 0 Å². The fourth-order valence-electron chi connectivity index (χ4n) is 3.63. The van der Waals surface area contributed by atoms with Crippen LogP contribution in [0.2, 0.25) is 0 Å². The van der Waals surface area contributed by atoms with Gasteiger partial charge in [0, 0.05) is 0 Å². The third kappa shape index (κ3) is 18.2. The van der Waals surface area contributed by atoms with Crippen molar-refractivity contribution in [2.24, 2.45) is 11.8 Å². The minimum absolute atomic E-state index is 0.966. The van der Waals surface area contributed by atoms with Crippen molar-refractivity contribution in [1.82, 2.24) is 0 Å². The zero-order valence-corrected chi connectivity index (χ0v) is 17.2. The van der Waals surface area contributed by atoms with Gasteiger partial charge < -0.3 is 0 Å². The van der Waals surface area contributed by atoms with E-state index < -0.39 is 0 Å². The van der Waals surface area contributed by atoms with Crippen LogP contribution in [0.5, 0.6) is 0 Å². The first-order valence-corrected chi connectivity index (χ1v) is 11.2. The molecule has 0 amide bonds. The van der Waals surface area contributed by atoms with E-state index in [4.69, 9.17) is 0 Å². The number of unbranched alkanes of at least 4 members (excludes halogenated alkanes) is 10. The zero-order valence-electron chi connectivity index (χ0n) is 17.2. The van der Waals surface area contributed by atoms with Crippen molar-refractivity contribution in [1.29, 1.82) is 0 Å². The monoisotopic (exact) mass is 324 g/mol. The molecule has 0 aliphatic rings. The van der Waals surface area contributed by atoms with Crippen LogP contribution in [0.3, 0.4) is 0 Å². The molecule has 0 heteroatoms. The Morgan fingerprint density at radius 3 is 1.09 bits per heavy atom. The van der Waals surface area contributed by atoms with Gasteiger partial charge in [0.2, 0.25) is 0 Å². The van der Waals surface area contributed by atoms with Gasteiger partial charge >= 0.3 is 0 Å². The Morgan fingerprint density at radius 1 is 0.391 bits per heavy atom. The highest BCUT2D eigenvalue weighted by molar-refractivity contribution is 4.56. The van der Waals surface area contributed by atoms with Crippen molar-refractivity contribution in [2.45, 2.75) is 137 Å². The van der Waals surface area contributed by atoms with Gasteiger partial charge in [-0.25, -0.2) is 0 Å². The zero-order chi connectivity index (χ0) is 17.2. The molecule has 0 nitrogen and oxygen atoms in total. The standard InChI is InChI=1S/C23H48/c1-5-7-9-15-19-23(4)21-17-14-12-10-11-13-16-20-22(3)18-8-6-2/h22-23H,5-21H2,1-4H3. The molecule has 0 N–H and O–H groups in total. The molecular weight excluding hydrogens is 276 g/mol. The van der Waals surface area contributed by atoms with E-state index in [1.54, 1.807) is 0 Å². The molecule has 0 saturated carbocycles. The van der Waals surface area contributed by atoms with Crippen LogP contribution in [0.4, 0.5) is 0 Å². The molecular formula is C23H48. The highest BCUT2D eigenvalue weighted by atomic mass is 14.1. The van der Waals surface area contributed by atoms with Gasteiger partial charge in [0.1, 0.15) is 0 Å². The normalized spacial score (nSPS) is 14.1. The third-order valence-electron chi connectivity index (χ3n) is 5.49. The van der Waals surface area contributed by atoms with E-state index in [1.807, 2.05) is 0 Å². The second-order valence-electron chi connectivity index (χ2n) is 8.25. The van der Waals surface area contributed by atoms with Crippen molar-refractivity contribution in [3.63, 3.8) is 0 Å². The summed E-state index contributed by atoms with van der Waals surface area (Å²) in [5.74, 6) is 1.94. The molecule has 2 atom stereocenters. The molecule has 0 aliphatic heterocycles. The summed E-state index contributed by atoms with van der Waals surface area (Å²) in [4.78, 5) is 0. The van der Waals surface area contributed by atoms with Gasteiger partial charge in [-0.15, -0.1) is 0 Å². The van der Waals surface area contributed by atoms with Gasteiger partial charge in [0.25, 0.3) is 0 Å². The molecule has 0 aromatic carbocycles. The molecule has 0 spiro atoms. The molecule has 0 aromatic heterocycles. The molecule has 2 unspecified atom stereocenters. The fourth-order valence-corrected chi connectivity index (χ4v) is 3.63. The van der Waals surface area contributed by atoms with Gasteiger partial charge in [0.05, 0.1) is 0 Å². The predicted octanol–water partition coefficient (Wildman–Crippen LogP) is 8.93. The van der Waals surface area contributed by atoms with Gasteiger partial charge in [-0.3, -0.25) is 0 Å². The SMILES string of the molecule is CCCCCCC(C)CCCCCCCCCC(C)CCCC. The van der Waals surface area contributed by atoms with Crippen LogP contribution >= 0.6 is 0 Å². The van der Waals surface area contributed by atoms with E-state index in [0.29, 0.717) is 0 Å². The first-order chi connectivity index (χ1) is 11.2. The summed E-state index contributed by atoms with van der Waals surface area (Å²) in [5, 5.41) is 0. The predicted molar refractivity (Wildman–Crippen MR) is 108 cm³/mol. The summed E-state index contributed by atoms with van der Waals surface area (Å²) in [7, 11) is 0. The van der Waals surface area contributed by atoms with Crippen molar-refractivity contribution < 1.29 is 0 Å². The Hall–Kier alpha value is 0. The highest BCUT2D eigenvalue weighted by Gasteiger charge is 2.03. The quantitative estimate of drug-likeness (QED) is 0.221. The second-order valence-corrected chi connectivity index (χ2v) is 8.25. The molecule has 0 saturated heterocycles. The Morgan fingerprint density at radius 2 is 0.696 bits per heavy atom. The summed E-state index contributed by atoms with van der Waals surface area (Å²) in [6.07, 6.45) is 24.7. The lowest BCUT2D eigenvalue weighted by atomic mass is 9.95. The fraction of sp³-hybridized carbons (Fsp3) is 1.00. The molecule has 0 fully saturated rings. The Balaban J connectivity index is 3.18. The highest BCUT2D eigenvalue weighted by Crippen LogP contribution is 2.19. The van der Waals surface area contributed by atoms with Crippen LogP contribution in [-0.2, 0) is 0 Å². The first kappa shape index (κ1) is 23.0. The minimum Gasteiger partial charge on any atom is -0.0654 e. The van der Waals surface area contributed by atoms with Gasteiger partial charge in [-0.1, -0.05) is 137 Å². The molecule has 0 aromatic rings. The van der Waals surface area contributed by atoms with E-state index in [-0.39, 0.29) is 0 Å². The van der Waals surface area contributed by atoms with Crippen LogP contribution in [0.1, 0.15) is 137 Å². The summed E-state index contributed by atoms with van der Waals surface area (Å²) in [6, 6.07) is 0. The molecule has 0 heterocycles. The van der Waals surface area contributed by atoms with Crippen molar-refractivity contribution >= 4 is 0 Å². The van der Waals surface area contributed by atoms with Crippen molar-refractivity contribution in [2.75, 3.05) is 0 Å². The average molecular weight is 325 g/mol. The lowest BCUT2D eigenvalue weighted by molar-refractivity contribution is 0.427. The molecule has 0 radical (unpaired) electrons. The molecule has 140 valence electrons. The van der Waals surface area contributed by atoms with Crippen LogP contribution in [0.15, 0.2) is 0 Å². The largest absolute Gasteiger partial charge is 0.0654 e. The second kappa shape index (κ2) is 18.3. The summed E-state index contributed by atoms with van der Waals surface area (Å²) in [5.41, 5.74) is 0. The molecule has 23 heavy (non-hydrogen) atoms.